The Morgan fingerprint density at radius 1 is 0.465 bits per heavy atom. The van der Waals surface area contributed by atoms with Crippen LogP contribution in [0.3, 0.4) is 0 Å². The number of ether oxygens (including phenoxy) is 3. The van der Waals surface area contributed by atoms with E-state index >= 15 is 0 Å². The number of rotatable bonds is 15. The molecule has 0 amide bonds. The molecule has 0 spiro atoms. The summed E-state index contributed by atoms with van der Waals surface area (Å²) in [5.41, 5.74) is 0.930. The minimum absolute atomic E-state index is 0.310. The summed E-state index contributed by atoms with van der Waals surface area (Å²) in [6, 6.07) is 18.8. The van der Waals surface area contributed by atoms with Crippen LogP contribution in [0.5, 0.6) is 17.2 Å². The predicted octanol–water partition coefficient (Wildman–Crippen LogP) is 6.78. The van der Waals surface area contributed by atoms with Crippen LogP contribution in [0.4, 0.5) is 0 Å². The average molecular weight is 777 g/mol. The number of carbonyl (C=O) groups excluding carboxylic acids is 3. The standard InChI is InChI=1S/3C11H10O3.Bi/c3*1-2-3-8-14-11(13)9-4-6-10(12)7-5-9;/h3*2-8,12H,1H2;/q;;;+3/p-3. The third kappa shape index (κ3) is 10.9. The first-order chi connectivity index (χ1) is 20.9. The molecule has 43 heavy (non-hydrogen) atoms. The first-order valence-electron chi connectivity index (χ1n) is 12.5. The van der Waals surface area contributed by atoms with E-state index in [1.807, 2.05) is 0 Å². The number of hydrogen-bond acceptors (Lipinski definition) is 9. The molecule has 0 radical (unpaired) electrons. The topological polar surface area (TPSA) is 107 Å². The van der Waals surface area contributed by atoms with E-state index in [0.717, 1.165) is 0 Å². The molecule has 0 aliphatic heterocycles. The molecule has 0 fully saturated rings. The van der Waals surface area contributed by atoms with Crippen LogP contribution in [0.15, 0.2) is 148 Å². The summed E-state index contributed by atoms with van der Waals surface area (Å²) >= 11 is -3.81. The van der Waals surface area contributed by atoms with Crippen LogP contribution in [-0.2, 0) is 14.2 Å². The van der Waals surface area contributed by atoms with Crippen LogP contribution in [-0.4, -0.2) is 41.0 Å². The molecule has 0 N–H and O–H groups in total. The zero-order valence-electron chi connectivity index (χ0n) is 22.9. The van der Waals surface area contributed by atoms with Gasteiger partial charge in [0.1, 0.15) is 0 Å². The zero-order chi connectivity index (χ0) is 30.9. The fraction of sp³-hybridized carbons (Fsp3) is 0. The molecule has 0 aliphatic carbocycles. The minimum atomic E-state index is -3.81. The molecule has 0 heterocycles. The number of benzene rings is 3. The quantitative estimate of drug-likeness (QED) is 0.0544. The van der Waals surface area contributed by atoms with Crippen molar-refractivity contribution in [2.24, 2.45) is 0 Å². The molecular weight excluding hydrogens is 749 g/mol. The summed E-state index contributed by atoms with van der Waals surface area (Å²) in [4.78, 5) is 36.5. The molecule has 10 heteroatoms. The maximum atomic E-state index is 12.2. The van der Waals surface area contributed by atoms with Gasteiger partial charge in [-0.05, 0) is 0 Å². The van der Waals surface area contributed by atoms with Gasteiger partial charge < -0.3 is 0 Å². The van der Waals surface area contributed by atoms with Crippen molar-refractivity contribution in [3.05, 3.63) is 164 Å². The van der Waals surface area contributed by atoms with Gasteiger partial charge in [0.2, 0.25) is 0 Å². The maximum absolute atomic E-state index is 12.2. The average Bonchev–Trinajstić information content (AvgIpc) is 3.02. The summed E-state index contributed by atoms with van der Waals surface area (Å²) < 4.78 is 33.3. The van der Waals surface area contributed by atoms with Crippen molar-refractivity contribution in [3.63, 3.8) is 0 Å². The molecular formula is C33H27BiO9. The third-order valence-electron chi connectivity index (χ3n) is 4.98. The van der Waals surface area contributed by atoms with E-state index in [9.17, 15) is 14.4 Å². The van der Waals surface area contributed by atoms with E-state index in [4.69, 9.17) is 22.7 Å². The van der Waals surface area contributed by atoms with E-state index in [1.54, 1.807) is 72.8 Å². The number of allylic oxidation sites excluding steroid dienone is 6. The molecule has 3 aromatic rings. The zero-order valence-corrected chi connectivity index (χ0v) is 26.3. The Bertz CT molecular complexity index is 1320. The Morgan fingerprint density at radius 3 is 0.953 bits per heavy atom. The number of esters is 3. The normalized spacial score (nSPS) is 10.8. The van der Waals surface area contributed by atoms with Crippen LogP contribution in [0, 0.1) is 0 Å². The molecule has 0 saturated carbocycles. The van der Waals surface area contributed by atoms with E-state index < -0.39 is 41.0 Å². The number of hydrogen-bond donors (Lipinski definition) is 0. The van der Waals surface area contributed by atoms with Gasteiger partial charge in [-0.3, -0.25) is 0 Å². The van der Waals surface area contributed by atoms with E-state index in [0.29, 0.717) is 33.9 Å². The van der Waals surface area contributed by atoms with Gasteiger partial charge in [-0.1, -0.05) is 0 Å². The van der Waals surface area contributed by atoms with Crippen molar-refractivity contribution in [1.82, 2.24) is 0 Å². The van der Waals surface area contributed by atoms with Crippen LogP contribution in [0.1, 0.15) is 31.1 Å². The molecule has 9 nitrogen and oxygen atoms in total. The van der Waals surface area contributed by atoms with Crippen LogP contribution in [0.2, 0.25) is 0 Å². The monoisotopic (exact) mass is 776 g/mol. The SMILES string of the molecule is C=CC=COC(=O)c1ccc([O][Bi]([O]c2ccc(C(=O)OC=CC=C)cc2)[O]c2ccc(C(=O)OC=CC=C)cc2)cc1. The first kappa shape index (κ1) is 32.3. The molecule has 0 aromatic heterocycles. The first-order valence-corrected chi connectivity index (χ1v) is 16.8. The molecule has 0 unspecified atom stereocenters. The van der Waals surface area contributed by atoms with Gasteiger partial charge in [0.05, 0.1) is 0 Å². The van der Waals surface area contributed by atoms with Crippen LogP contribution in [0.25, 0.3) is 0 Å². The Balaban J connectivity index is 1.76. The third-order valence-corrected chi connectivity index (χ3v) is 9.18. The Kier molecular flexibility index (Phi) is 13.2. The summed E-state index contributed by atoms with van der Waals surface area (Å²) in [7, 11) is 0. The molecule has 0 saturated heterocycles. The molecule has 0 aliphatic rings. The van der Waals surface area contributed by atoms with Gasteiger partial charge in [0.15, 0.2) is 0 Å². The second kappa shape index (κ2) is 17.6. The Labute approximate surface area is 258 Å². The van der Waals surface area contributed by atoms with E-state index in [1.165, 1.54) is 55.2 Å². The fourth-order valence-electron chi connectivity index (χ4n) is 2.94. The van der Waals surface area contributed by atoms with Gasteiger partial charge in [0, 0.05) is 0 Å². The Morgan fingerprint density at radius 2 is 0.721 bits per heavy atom. The van der Waals surface area contributed by atoms with Crippen molar-refractivity contribution < 1.29 is 37.0 Å². The van der Waals surface area contributed by atoms with Crippen molar-refractivity contribution in [2.45, 2.75) is 0 Å². The Hall–Kier alpha value is -5.21. The second-order valence-corrected chi connectivity index (χ2v) is 11.8. The van der Waals surface area contributed by atoms with E-state index in [2.05, 4.69) is 19.7 Å². The van der Waals surface area contributed by atoms with Crippen molar-refractivity contribution >= 4 is 41.0 Å². The van der Waals surface area contributed by atoms with Gasteiger partial charge in [0.25, 0.3) is 0 Å². The second-order valence-electron chi connectivity index (χ2n) is 7.98. The molecule has 0 bridgehead atoms. The molecule has 3 aromatic carbocycles. The molecule has 218 valence electrons. The van der Waals surface area contributed by atoms with Crippen molar-refractivity contribution in [2.75, 3.05) is 0 Å². The summed E-state index contributed by atoms with van der Waals surface area (Å²) in [6.07, 6.45) is 12.6. The van der Waals surface area contributed by atoms with Crippen LogP contribution >= 0.6 is 0 Å². The van der Waals surface area contributed by atoms with Crippen molar-refractivity contribution in [1.29, 1.82) is 0 Å². The molecule has 0 atom stereocenters. The summed E-state index contributed by atoms with van der Waals surface area (Å²) in [6.45, 7) is 10.5. The fourth-order valence-corrected chi connectivity index (χ4v) is 6.81. The van der Waals surface area contributed by atoms with Gasteiger partial charge in [-0.2, -0.15) is 0 Å². The van der Waals surface area contributed by atoms with E-state index in [-0.39, 0.29) is 0 Å². The molecule has 3 rings (SSSR count). The number of carbonyl (C=O) groups is 3. The van der Waals surface area contributed by atoms with Crippen molar-refractivity contribution in [3.8, 4) is 17.2 Å². The summed E-state index contributed by atoms with van der Waals surface area (Å²) in [5.74, 6) is -0.435. The van der Waals surface area contributed by atoms with Gasteiger partial charge in [-0.25, -0.2) is 0 Å². The van der Waals surface area contributed by atoms with Crippen LogP contribution < -0.4 is 8.44 Å². The predicted molar refractivity (Wildman–Crippen MR) is 161 cm³/mol. The van der Waals surface area contributed by atoms with Gasteiger partial charge in [-0.15, -0.1) is 0 Å². The van der Waals surface area contributed by atoms with Gasteiger partial charge >= 0.3 is 260 Å². The summed E-state index contributed by atoms with van der Waals surface area (Å²) in [5, 5.41) is 0.